The van der Waals surface area contributed by atoms with Gasteiger partial charge in [-0.3, -0.25) is 14.2 Å². The second kappa shape index (κ2) is 13.3. The van der Waals surface area contributed by atoms with Crippen molar-refractivity contribution in [1.82, 2.24) is 25.1 Å². The Bertz CT molecular complexity index is 1770. The summed E-state index contributed by atoms with van der Waals surface area (Å²) in [6.07, 6.45) is 0.651. The average molecular weight is 623 g/mol. The van der Waals surface area contributed by atoms with Crippen LogP contribution in [0.4, 0.5) is 0 Å². The van der Waals surface area contributed by atoms with Gasteiger partial charge in [0.15, 0.2) is 11.0 Å². The number of nitrogens with one attached hydrogen (secondary N) is 1. The molecule has 44 heavy (non-hydrogen) atoms. The Hall–Kier alpha value is -4.74. The third-order valence-corrected chi connectivity index (χ3v) is 9.06. The number of carbonyl (C=O) groups excluding carboxylic acids is 2. The van der Waals surface area contributed by atoms with Crippen molar-refractivity contribution in [2.45, 2.75) is 31.1 Å². The SMILES string of the molecule is COc1ccc(C(=O)NCc2nnc(SCC(=O)N3N=C(c4cccs4)C[C@H]3c3ccc(C)cc3)n2-c2ccccc2)cc1. The molecule has 6 rings (SSSR count). The minimum Gasteiger partial charge on any atom is -0.497 e. The van der Waals surface area contributed by atoms with Gasteiger partial charge < -0.3 is 10.1 Å². The standard InChI is InChI=1S/C33H30N6O3S2/c1-22-10-12-23(13-11-22)28-19-27(29-9-6-18-43-29)37-39(28)31(40)21-44-33-36-35-30(38(33)25-7-4-3-5-8-25)20-34-32(41)24-14-16-26(42-2)17-15-24/h3-18,28H,19-21H2,1-2H3,(H,34,41)/t28-/m0/s1. The lowest BCUT2D eigenvalue weighted by molar-refractivity contribution is -0.130. The summed E-state index contributed by atoms with van der Waals surface area (Å²) in [6.45, 7) is 2.20. The fourth-order valence-electron chi connectivity index (χ4n) is 4.92. The van der Waals surface area contributed by atoms with Gasteiger partial charge in [0.1, 0.15) is 5.75 Å². The number of carbonyl (C=O) groups is 2. The van der Waals surface area contributed by atoms with Crippen LogP contribution < -0.4 is 10.1 Å². The van der Waals surface area contributed by atoms with Gasteiger partial charge in [-0.25, -0.2) is 5.01 Å². The Morgan fingerprint density at radius 1 is 0.977 bits per heavy atom. The zero-order chi connectivity index (χ0) is 30.5. The number of nitrogens with zero attached hydrogens (tertiary/aromatic N) is 5. The molecule has 0 saturated heterocycles. The molecule has 1 N–H and O–H groups in total. The smallest absolute Gasteiger partial charge is 0.253 e. The number of amides is 2. The number of ether oxygens (including phenoxy) is 1. The summed E-state index contributed by atoms with van der Waals surface area (Å²) in [5.41, 5.74) is 4.46. The number of benzene rings is 3. The Morgan fingerprint density at radius 2 is 1.75 bits per heavy atom. The maximum atomic E-state index is 13.7. The predicted octanol–water partition coefficient (Wildman–Crippen LogP) is 6.05. The van der Waals surface area contributed by atoms with Crippen LogP contribution in [0.2, 0.25) is 0 Å². The molecule has 222 valence electrons. The molecule has 0 radical (unpaired) electrons. The van der Waals surface area contributed by atoms with Gasteiger partial charge in [-0.2, -0.15) is 5.10 Å². The number of hydrogen-bond acceptors (Lipinski definition) is 8. The van der Waals surface area contributed by atoms with Crippen LogP contribution in [0.15, 0.2) is 107 Å². The largest absolute Gasteiger partial charge is 0.497 e. The van der Waals surface area contributed by atoms with Gasteiger partial charge in [0, 0.05) is 17.7 Å². The summed E-state index contributed by atoms with van der Waals surface area (Å²) in [4.78, 5) is 27.6. The number of para-hydroxylation sites is 1. The van der Waals surface area contributed by atoms with E-state index >= 15 is 0 Å². The highest BCUT2D eigenvalue weighted by Crippen LogP contribution is 2.35. The Balaban J connectivity index is 1.21. The van der Waals surface area contributed by atoms with Gasteiger partial charge in [0.25, 0.3) is 11.8 Å². The van der Waals surface area contributed by atoms with E-state index in [4.69, 9.17) is 9.84 Å². The van der Waals surface area contributed by atoms with Gasteiger partial charge in [0.2, 0.25) is 0 Å². The van der Waals surface area contributed by atoms with Gasteiger partial charge in [0.05, 0.1) is 36.0 Å². The van der Waals surface area contributed by atoms with E-state index in [1.807, 2.05) is 59.3 Å². The van der Waals surface area contributed by atoms with E-state index < -0.39 is 0 Å². The fraction of sp³-hybridized carbons (Fsp3) is 0.182. The summed E-state index contributed by atoms with van der Waals surface area (Å²) >= 11 is 2.92. The zero-order valence-electron chi connectivity index (χ0n) is 24.2. The Kier molecular flexibility index (Phi) is 8.85. The number of rotatable bonds is 10. The highest BCUT2D eigenvalue weighted by atomic mass is 32.2. The van der Waals surface area contributed by atoms with E-state index in [9.17, 15) is 9.59 Å². The first kappa shape index (κ1) is 29.3. The summed E-state index contributed by atoms with van der Waals surface area (Å²) in [5, 5.41) is 20.7. The van der Waals surface area contributed by atoms with Gasteiger partial charge in [-0.15, -0.1) is 21.5 Å². The lowest BCUT2D eigenvalue weighted by Gasteiger charge is -2.22. The Morgan fingerprint density at radius 3 is 2.45 bits per heavy atom. The summed E-state index contributed by atoms with van der Waals surface area (Å²) in [5.74, 6) is 0.977. The highest BCUT2D eigenvalue weighted by molar-refractivity contribution is 7.99. The van der Waals surface area contributed by atoms with Crippen molar-refractivity contribution in [3.8, 4) is 11.4 Å². The second-order valence-electron chi connectivity index (χ2n) is 10.2. The molecule has 1 aliphatic heterocycles. The second-order valence-corrected chi connectivity index (χ2v) is 12.1. The maximum absolute atomic E-state index is 13.7. The molecule has 3 aromatic carbocycles. The minimum atomic E-state index is -0.241. The molecule has 1 atom stereocenters. The zero-order valence-corrected chi connectivity index (χ0v) is 25.8. The molecule has 5 aromatic rings. The molecule has 9 nitrogen and oxygen atoms in total. The van der Waals surface area contributed by atoms with Gasteiger partial charge in [-0.05, 0) is 60.3 Å². The van der Waals surface area contributed by atoms with E-state index in [0.717, 1.165) is 27.4 Å². The third-order valence-electron chi connectivity index (χ3n) is 7.23. The average Bonchev–Trinajstić information content (AvgIpc) is 3.84. The van der Waals surface area contributed by atoms with Gasteiger partial charge >= 0.3 is 0 Å². The third kappa shape index (κ3) is 6.43. The number of aryl methyl sites for hydroxylation is 1. The van der Waals surface area contributed by atoms with E-state index in [1.54, 1.807) is 47.7 Å². The number of hydrazone groups is 1. The van der Waals surface area contributed by atoms with Crippen LogP contribution in [0, 0.1) is 6.92 Å². The van der Waals surface area contributed by atoms with E-state index in [1.165, 1.54) is 11.8 Å². The van der Waals surface area contributed by atoms with Crippen molar-refractivity contribution in [3.05, 3.63) is 124 Å². The van der Waals surface area contributed by atoms with Crippen LogP contribution >= 0.6 is 23.1 Å². The van der Waals surface area contributed by atoms with Crippen LogP contribution in [0.1, 0.15) is 44.6 Å². The lowest BCUT2D eigenvalue weighted by atomic mass is 10.00. The molecule has 0 fully saturated rings. The van der Waals surface area contributed by atoms with E-state index in [2.05, 4.69) is 39.8 Å². The molecule has 0 spiro atoms. The van der Waals surface area contributed by atoms with Crippen molar-refractivity contribution in [3.63, 3.8) is 0 Å². The van der Waals surface area contributed by atoms with Crippen molar-refractivity contribution < 1.29 is 14.3 Å². The normalized spacial score (nSPS) is 14.4. The maximum Gasteiger partial charge on any atom is 0.253 e. The summed E-state index contributed by atoms with van der Waals surface area (Å²) in [7, 11) is 1.58. The number of thioether (sulfide) groups is 1. The number of thiophene rings is 1. The number of hydrogen-bond donors (Lipinski definition) is 1. The van der Waals surface area contributed by atoms with E-state index in [-0.39, 0.29) is 30.2 Å². The molecule has 0 unspecified atom stereocenters. The first-order valence-corrected chi connectivity index (χ1v) is 15.9. The Labute approximate surface area is 263 Å². The predicted molar refractivity (Wildman–Crippen MR) is 172 cm³/mol. The number of methoxy groups -OCH3 is 1. The van der Waals surface area contributed by atoms with Crippen molar-refractivity contribution in [2.24, 2.45) is 5.10 Å². The molecule has 2 amide bonds. The molecule has 2 aromatic heterocycles. The van der Waals surface area contributed by atoms with Crippen molar-refractivity contribution >= 4 is 40.6 Å². The van der Waals surface area contributed by atoms with Crippen LogP contribution in [0.5, 0.6) is 5.75 Å². The molecule has 0 saturated carbocycles. The molecule has 0 aliphatic carbocycles. The van der Waals surface area contributed by atoms with Crippen molar-refractivity contribution in [2.75, 3.05) is 12.9 Å². The molecule has 3 heterocycles. The first-order chi connectivity index (χ1) is 21.5. The molecule has 11 heteroatoms. The van der Waals surface area contributed by atoms with Crippen LogP contribution in [-0.4, -0.2) is 50.2 Å². The first-order valence-electron chi connectivity index (χ1n) is 14.0. The molecule has 0 bridgehead atoms. The number of aromatic nitrogens is 3. The van der Waals surface area contributed by atoms with Crippen LogP contribution in [0.25, 0.3) is 5.69 Å². The van der Waals surface area contributed by atoms with Crippen LogP contribution in [0.3, 0.4) is 0 Å². The van der Waals surface area contributed by atoms with E-state index in [0.29, 0.717) is 28.7 Å². The fourth-order valence-corrected chi connectivity index (χ4v) is 6.47. The van der Waals surface area contributed by atoms with Crippen molar-refractivity contribution in [1.29, 1.82) is 0 Å². The minimum absolute atomic E-state index is 0.118. The summed E-state index contributed by atoms with van der Waals surface area (Å²) in [6, 6.07) is 28.7. The van der Waals surface area contributed by atoms with Gasteiger partial charge in [-0.1, -0.05) is 65.9 Å². The molecule has 1 aliphatic rings. The monoisotopic (exact) mass is 622 g/mol. The lowest BCUT2D eigenvalue weighted by Crippen LogP contribution is -2.28. The summed E-state index contributed by atoms with van der Waals surface area (Å²) < 4.78 is 7.05. The molecular weight excluding hydrogens is 593 g/mol. The molecular formula is C33H30N6O3S2. The quantitative estimate of drug-likeness (QED) is 0.191. The van der Waals surface area contributed by atoms with Crippen LogP contribution in [-0.2, 0) is 11.3 Å². The topological polar surface area (TPSA) is 102 Å². The highest BCUT2D eigenvalue weighted by Gasteiger charge is 2.33.